The number of ether oxygens (including phenoxy) is 3. The van der Waals surface area contributed by atoms with Gasteiger partial charge < -0.3 is 19.1 Å². The molecule has 0 amide bonds. The lowest BCUT2D eigenvalue weighted by Crippen LogP contribution is -2.25. The Bertz CT molecular complexity index is 958. The van der Waals surface area contributed by atoms with Crippen LogP contribution in [0.5, 0.6) is 17.2 Å². The summed E-state index contributed by atoms with van der Waals surface area (Å²) in [5.41, 5.74) is 4.25. The van der Waals surface area contributed by atoms with Gasteiger partial charge in [-0.2, -0.15) is 10.2 Å². The maximum absolute atomic E-state index is 5.48. The molecule has 0 N–H and O–H groups in total. The van der Waals surface area contributed by atoms with E-state index in [1.165, 1.54) is 11.3 Å². The van der Waals surface area contributed by atoms with Crippen LogP contribution >= 0.6 is 0 Å². The maximum atomic E-state index is 5.48. The SMILES string of the molecule is COc1ccc2c(c1)CCCN2c1cnnc2cc(OC)c(OC)cc12. The van der Waals surface area contributed by atoms with Crippen LogP contribution in [0.3, 0.4) is 0 Å². The highest BCUT2D eigenvalue weighted by Gasteiger charge is 2.22. The molecule has 4 rings (SSSR count). The number of aryl methyl sites for hydroxylation is 1. The van der Waals surface area contributed by atoms with E-state index in [-0.39, 0.29) is 0 Å². The molecule has 6 heteroatoms. The molecular weight excluding hydrogens is 330 g/mol. The van der Waals surface area contributed by atoms with Gasteiger partial charge in [0.15, 0.2) is 11.5 Å². The van der Waals surface area contributed by atoms with Gasteiger partial charge >= 0.3 is 0 Å². The van der Waals surface area contributed by atoms with Crippen LogP contribution in [0, 0.1) is 0 Å². The van der Waals surface area contributed by atoms with Crippen LogP contribution in [-0.2, 0) is 6.42 Å². The van der Waals surface area contributed by atoms with Crippen molar-refractivity contribution in [1.82, 2.24) is 10.2 Å². The van der Waals surface area contributed by atoms with Gasteiger partial charge in [0.05, 0.1) is 38.7 Å². The summed E-state index contributed by atoms with van der Waals surface area (Å²) in [6.07, 6.45) is 3.92. The van der Waals surface area contributed by atoms with Crippen molar-refractivity contribution >= 4 is 22.3 Å². The van der Waals surface area contributed by atoms with Gasteiger partial charge in [0.2, 0.25) is 0 Å². The average Bonchev–Trinajstić information content (AvgIpc) is 2.71. The molecule has 0 bridgehead atoms. The summed E-state index contributed by atoms with van der Waals surface area (Å²) in [4.78, 5) is 2.29. The minimum absolute atomic E-state index is 0.648. The molecule has 0 radical (unpaired) electrons. The molecule has 1 aliphatic heterocycles. The largest absolute Gasteiger partial charge is 0.497 e. The van der Waals surface area contributed by atoms with Crippen molar-refractivity contribution in [3.05, 3.63) is 42.1 Å². The molecular formula is C20H21N3O3. The first-order valence-electron chi connectivity index (χ1n) is 8.57. The number of hydrogen-bond donors (Lipinski definition) is 0. The maximum Gasteiger partial charge on any atom is 0.162 e. The molecule has 0 saturated carbocycles. The number of fused-ring (bicyclic) bond motifs is 2. The number of anilines is 2. The minimum Gasteiger partial charge on any atom is -0.497 e. The number of hydrogen-bond acceptors (Lipinski definition) is 6. The Kier molecular flexibility index (Phi) is 4.24. The Hall–Kier alpha value is -3.02. The summed E-state index contributed by atoms with van der Waals surface area (Å²) in [6.45, 7) is 0.925. The molecule has 0 spiro atoms. The quantitative estimate of drug-likeness (QED) is 0.714. The molecule has 1 aromatic heterocycles. The van der Waals surface area contributed by atoms with E-state index in [9.17, 15) is 0 Å². The van der Waals surface area contributed by atoms with Gasteiger partial charge in [0.25, 0.3) is 0 Å². The number of aromatic nitrogens is 2. The molecule has 6 nitrogen and oxygen atoms in total. The Morgan fingerprint density at radius 1 is 0.923 bits per heavy atom. The van der Waals surface area contributed by atoms with E-state index in [0.717, 1.165) is 41.7 Å². The van der Waals surface area contributed by atoms with Gasteiger partial charge in [-0.15, -0.1) is 0 Å². The molecule has 0 saturated heterocycles. The number of rotatable bonds is 4. The van der Waals surface area contributed by atoms with E-state index in [2.05, 4.69) is 27.2 Å². The van der Waals surface area contributed by atoms with Crippen LogP contribution < -0.4 is 19.1 Å². The number of methoxy groups -OCH3 is 3. The zero-order chi connectivity index (χ0) is 18.1. The van der Waals surface area contributed by atoms with Crippen LogP contribution in [0.2, 0.25) is 0 Å². The van der Waals surface area contributed by atoms with E-state index in [0.29, 0.717) is 11.5 Å². The highest BCUT2D eigenvalue weighted by Crippen LogP contribution is 2.40. The molecule has 26 heavy (non-hydrogen) atoms. The lowest BCUT2D eigenvalue weighted by molar-refractivity contribution is 0.355. The third-order valence-electron chi connectivity index (χ3n) is 4.82. The molecule has 134 valence electrons. The Morgan fingerprint density at radius 2 is 1.73 bits per heavy atom. The zero-order valence-corrected chi connectivity index (χ0v) is 15.2. The van der Waals surface area contributed by atoms with Crippen molar-refractivity contribution in [3.63, 3.8) is 0 Å². The molecule has 1 aliphatic rings. The Labute approximate surface area is 152 Å². The van der Waals surface area contributed by atoms with E-state index in [4.69, 9.17) is 14.2 Å². The third-order valence-corrected chi connectivity index (χ3v) is 4.82. The predicted molar refractivity (Wildman–Crippen MR) is 101 cm³/mol. The van der Waals surface area contributed by atoms with E-state index in [1.807, 2.05) is 24.4 Å². The summed E-state index contributed by atoms with van der Waals surface area (Å²) < 4.78 is 16.2. The van der Waals surface area contributed by atoms with Crippen molar-refractivity contribution in [2.75, 3.05) is 32.8 Å². The molecule has 0 fully saturated rings. The fraction of sp³-hybridized carbons (Fsp3) is 0.300. The van der Waals surface area contributed by atoms with Crippen molar-refractivity contribution in [2.45, 2.75) is 12.8 Å². The molecule has 3 aromatic rings. The fourth-order valence-electron chi connectivity index (χ4n) is 3.54. The summed E-state index contributed by atoms with van der Waals surface area (Å²) in [6, 6.07) is 10.1. The monoisotopic (exact) mass is 351 g/mol. The van der Waals surface area contributed by atoms with Gasteiger partial charge in [0, 0.05) is 23.7 Å². The first-order chi connectivity index (χ1) is 12.7. The number of benzene rings is 2. The second-order valence-corrected chi connectivity index (χ2v) is 6.20. The van der Waals surface area contributed by atoms with Gasteiger partial charge in [-0.3, -0.25) is 0 Å². The number of nitrogens with zero attached hydrogens (tertiary/aromatic N) is 3. The minimum atomic E-state index is 0.648. The lowest BCUT2D eigenvalue weighted by atomic mass is 10.00. The molecule has 2 heterocycles. The highest BCUT2D eigenvalue weighted by atomic mass is 16.5. The van der Waals surface area contributed by atoms with Crippen LogP contribution in [0.25, 0.3) is 10.9 Å². The Balaban J connectivity index is 1.88. The van der Waals surface area contributed by atoms with E-state index < -0.39 is 0 Å². The molecule has 0 unspecified atom stereocenters. The molecule has 2 aromatic carbocycles. The fourth-order valence-corrected chi connectivity index (χ4v) is 3.54. The van der Waals surface area contributed by atoms with Crippen LogP contribution in [0.15, 0.2) is 36.5 Å². The lowest BCUT2D eigenvalue weighted by Gasteiger charge is -2.32. The van der Waals surface area contributed by atoms with Gasteiger partial charge in [-0.25, -0.2) is 0 Å². The highest BCUT2D eigenvalue weighted by molar-refractivity contribution is 5.95. The van der Waals surface area contributed by atoms with Crippen molar-refractivity contribution < 1.29 is 14.2 Å². The topological polar surface area (TPSA) is 56.7 Å². The molecule has 0 atom stereocenters. The zero-order valence-electron chi connectivity index (χ0n) is 15.2. The van der Waals surface area contributed by atoms with Crippen LogP contribution in [0.1, 0.15) is 12.0 Å². The molecule has 0 aliphatic carbocycles. The second-order valence-electron chi connectivity index (χ2n) is 6.20. The van der Waals surface area contributed by atoms with Gasteiger partial charge in [-0.05, 0) is 42.7 Å². The van der Waals surface area contributed by atoms with E-state index >= 15 is 0 Å². The summed E-state index contributed by atoms with van der Waals surface area (Å²) in [7, 11) is 4.96. The smallest absolute Gasteiger partial charge is 0.162 e. The first kappa shape index (κ1) is 16.4. The van der Waals surface area contributed by atoms with Gasteiger partial charge in [0.1, 0.15) is 5.75 Å². The second kappa shape index (κ2) is 6.71. The summed E-state index contributed by atoms with van der Waals surface area (Å²) in [5.74, 6) is 2.21. The van der Waals surface area contributed by atoms with Gasteiger partial charge in [-0.1, -0.05) is 0 Å². The van der Waals surface area contributed by atoms with Crippen molar-refractivity contribution in [3.8, 4) is 17.2 Å². The van der Waals surface area contributed by atoms with Crippen molar-refractivity contribution in [1.29, 1.82) is 0 Å². The van der Waals surface area contributed by atoms with Crippen LogP contribution in [0.4, 0.5) is 11.4 Å². The average molecular weight is 351 g/mol. The van der Waals surface area contributed by atoms with Crippen molar-refractivity contribution in [2.24, 2.45) is 0 Å². The van der Waals surface area contributed by atoms with E-state index in [1.54, 1.807) is 21.3 Å². The third kappa shape index (κ3) is 2.67. The van der Waals surface area contributed by atoms with Crippen LogP contribution in [-0.4, -0.2) is 38.1 Å². The standard InChI is InChI=1S/C20H21N3O3/c1-24-14-6-7-17-13(9-14)5-4-8-23(17)18-12-21-22-16-11-20(26-3)19(25-2)10-15(16)18/h6-7,9-12H,4-5,8H2,1-3H3. The normalized spacial score (nSPS) is 13.4. The summed E-state index contributed by atoms with van der Waals surface area (Å²) >= 11 is 0. The first-order valence-corrected chi connectivity index (χ1v) is 8.57. The Morgan fingerprint density at radius 3 is 2.50 bits per heavy atom. The summed E-state index contributed by atoms with van der Waals surface area (Å²) in [5, 5.41) is 9.47. The predicted octanol–water partition coefficient (Wildman–Crippen LogP) is 3.74.